The molecule has 1 aromatic carbocycles. The molecule has 114 valence electrons. The highest BCUT2D eigenvalue weighted by Gasteiger charge is 2.30. The van der Waals surface area contributed by atoms with Crippen LogP contribution in [0.15, 0.2) is 27.6 Å². The Bertz CT molecular complexity index is 545. The molecule has 4 nitrogen and oxygen atoms in total. The van der Waals surface area contributed by atoms with Crippen LogP contribution in [0.4, 0.5) is 0 Å². The van der Waals surface area contributed by atoms with Gasteiger partial charge in [0, 0.05) is 10.5 Å². The Labute approximate surface area is 135 Å². The van der Waals surface area contributed by atoms with E-state index in [1.165, 1.54) is 0 Å². The molecule has 0 amide bonds. The topological polar surface area (TPSA) is 72.2 Å². The number of hydrogen-bond donors (Lipinski definition) is 2. The predicted octanol–water partition coefficient (Wildman–Crippen LogP) is 2.59. The minimum absolute atomic E-state index is 0. The fourth-order valence-electron chi connectivity index (χ4n) is 2.60. The summed E-state index contributed by atoms with van der Waals surface area (Å²) in [7, 11) is -3.47. The Balaban J connectivity index is 0.00000200. The third-order valence-electron chi connectivity index (χ3n) is 3.59. The maximum atomic E-state index is 12.4. The summed E-state index contributed by atoms with van der Waals surface area (Å²) in [4.78, 5) is 0.307. The molecule has 0 bridgehead atoms. The lowest BCUT2D eigenvalue weighted by Crippen LogP contribution is -2.39. The molecular formula is C13H20BrClN2O2S. The molecule has 1 fully saturated rings. The molecule has 0 heterocycles. The van der Waals surface area contributed by atoms with Crippen LogP contribution in [-0.2, 0) is 10.0 Å². The number of halogens is 2. The van der Waals surface area contributed by atoms with E-state index in [0.717, 1.165) is 29.3 Å². The van der Waals surface area contributed by atoms with E-state index in [1.54, 1.807) is 12.1 Å². The molecule has 2 atom stereocenters. The molecule has 0 spiro atoms. The Kier molecular flexibility index (Phi) is 6.47. The zero-order valence-electron chi connectivity index (χ0n) is 11.3. The van der Waals surface area contributed by atoms with E-state index in [0.29, 0.717) is 11.4 Å². The summed E-state index contributed by atoms with van der Waals surface area (Å²) in [6.45, 7) is 2.41. The normalized spacial score (nSPS) is 22.6. The third kappa shape index (κ3) is 4.18. The Hall–Kier alpha value is -0.140. The summed E-state index contributed by atoms with van der Waals surface area (Å²) in [5, 5.41) is 0. The van der Waals surface area contributed by atoms with E-state index in [9.17, 15) is 8.42 Å². The van der Waals surface area contributed by atoms with Crippen molar-refractivity contribution < 1.29 is 8.42 Å². The summed E-state index contributed by atoms with van der Waals surface area (Å²) in [5.41, 5.74) is 6.60. The lowest BCUT2D eigenvalue weighted by atomic mass is 10.1. The molecule has 7 heteroatoms. The zero-order chi connectivity index (χ0) is 14.0. The van der Waals surface area contributed by atoms with Crippen LogP contribution in [0.3, 0.4) is 0 Å². The number of sulfonamides is 1. The molecule has 0 radical (unpaired) electrons. The monoisotopic (exact) mass is 382 g/mol. The molecule has 1 aliphatic rings. The van der Waals surface area contributed by atoms with Gasteiger partial charge >= 0.3 is 0 Å². The molecule has 1 aliphatic carbocycles. The smallest absolute Gasteiger partial charge is 0.240 e. The fourth-order valence-corrected chi connectivity index (χ4v) is 4.83. The van der Waals surface area contributed by atoms with Crippen molar-refractivity contribution in [2.75, 3.05) is 6.54 Å². The average Bonchev–Trinajstić information content (AvgIpc) is 2.74. The first kappa shape index (κ1) is 17.9. The number of hydrogen-bond acceptors (Lipinski definition) is 3. The van der Waals surface area contributed by atoms with Gasteiger partial charge < -0.3 is 5.73 Å². The van der Waals surface area contributed by atoms with Crippen LogP contribution >= 0.6 is 28.3 Å². The van der Waals surface area contributed by atoms with Crippen LogP contribution in [0, 0.1) is 12.8 Å². The molecule has 0 saturated heterocycles. The maximum Gasteiger partial charge on any atom is 0.240 e. The highest BCUT2D eigenvalue weighted by Crippen LogP contribution is 2.27. The molecule has 0 aromatic heterocycles. The standard InChI is InChI=1S/C13H19BrN2O2S.ClH/c1-9-5-11(14)7-12(6-9)19(17,18)16-13-4-2-3-10(13)8-15;/h5-7,10,13,16H,2-4,8,15H2,1H3;1H. The van der Waals surface area contributed by atoms with Gasteiger partial charge in [0.2, 0.25) is 10.0 Å². The summed E-state index contributed by atoms with van der Waals surface area (Å²) in [5.74, 6) is 0.253. The highest BCUT2D eigenvalue weighted by molar-refractivity contribution is 9.10. The van der Waals surface area contributed by atoms with E-state index in [-0.39, 0.29) is 24.4 Å². The first-order valence-electron chi connectivity index (χ1n) is 6.42. The molecule has 2 unspecified atom stereocenters. The summed E-state index contributed by atoms with van der Waals surface area (Å²) < 4.78 is 28.3. The van der Waals surface area contributed by atoms with E-state index in [1.807, 2.05) is 13.0 Å². The summed E-state index contributed by atoms with van der Waals surface area (Å²) in [6.07, 6.45) is 2.90. The second-order valence-corrected chi connectivity index (χ2v) is 7.75. The lowest BCUT2D eigenvalue weighted by molar-refractivity contribution is 0.453. The van der Waals surface area contributed by atoms with Crippen molar-refractivity contribution in [3.63, 3.8) is 0 Å². The Morgan fingerprint density at radius 3 is 2.65 bits per heavy atom. The van der Waals surface area contributed by atoms with Gasteiger partial charge in [0.1, 0.15) is 0 Å². The summed E-state index contributed by atoms with van der Waals surface area (Å²) >= 11 is 3.33. The molecule has 1 aromatic rings. The van der Waals surface area contributed by atoms with E-state index in [2.05, 4.69) is 20.7 Å². The van der Waals surface area contributed by atoms with Gasteiger partial charge in [0.05, 0.1) is 4.90 Å². The average molecular weight is 384 g/mol. The highest BCUT2D eigenvalue weighted by atomic mass is 79.9. The SMILES string of the molecule is Cc1cc(Br)cc(S(=O)(=O)NC2CCCC2CN)c1.Cl. The number of benzene rings is 1. The van der Waals surface area contributed by atoms with Crippen molar-refractivity contribution in [2.45, 2.75) is 37.1 Å². The molecule has 0 aliphatic heterocycles. The third-order valence-corrected chi connectivity index (χ3v) is 5.52. The van der Waals surface area contributed by atoms with Crippen molar-refractivity contribution in [3.05, 3.63) is 28.2 Å². The number of nitrogens with one attached hydrogen (secondary N) is 1. The lowest BCUT2D eigenvalue weighted by Gasteiger charge is -2.19. The van der Waals surface area contributed by atoms with Gasteiger partial charge in [-0.15, -0.1) is 12.4 Å². The molecule has 1 saturated carbocycles. The second-order valence-electron chi connectivity index (χ2n) is 5.12. The molecular weight excluding hydrogens is 364 g/mol. The van der Waals surface area contributed by atoms with Gasteiger partial charge in [-0.1, -0.05) is 22.4 Å². The molecule has 3 N–H and O–H groups in total. The van der Waals surface area contributed by atoms with Crippen LogP contribution < -0.4 is 10.5 Å². The fraction of sp³-hybridized carbons (Fsp3) is 0.538. The van der Waals surface area contributed by atoms with E-state index < -0.39 is 10.0 Å². The largest absolute Gasteiger partial charge is 0.330 e. The van der Waals surface area contributed by atoms with Crippen molar-refractivity contribution >= 4 is 38.4 Å². The van der Waals surface area contributed by atoms with Crippen molar-refractivity contribution in [1.29, 1.82) is 0 Å². The number of aryl methyl sites for hydroxylation is 1. The van der Waals surface area contributed by atoms with Crippen LogP contribution in [-0.4, -0.2) is 21.0 Å². The van der Waals surface area contributed by atoms with E-state index in [4.69, 9.17) is 5.73 Å². The van der Waals surface area contributed by atoms with E-state index >= 15 is 0 Å². The van der Waals surface area contributed by atoms with Gasteiger partial charge in [-0.2, -0.15) is 0 Å². The molecule has 2 rings (SSSR count). The molecule has 20 heavy (non-hydrogen) atoms. The summed E-state index contributed by atoms with van der Waals surface area (Å²) in [6, 6.07) is 5.16. The Morgan fingerprint density at radius 1 is 1.35 bits per heavy atom. The van der Waals surface area contributed by atoms with Crippen LogP contribution in [0.2, 0.25) is 0 Å². The number of rotatable bonds is 4. The van der Waals surface area contributed by atoms with Crippen molar-refractivity contribution in [3.8, 4) is 0 Å². The second kappa shape index (κ2) is 7.22. The van der Waals surface area contributed by atoms with Crippen LogP contribution in [0.1, 0.15) is 24.8 Å². The first-order chi connectivity index (χ1) is 8.92. The number of nitrogens with two attached hydrogens (primary N) is 1. The maximum absolute atomic E-state index is 12.4. The van der Waals surface area contributed by atoms with Gasteiger partial charge in [0.25, 0.3) is 0 Å². The van der Waals surface area contributed by atoms with Crippen molar-refractivity contribution in [1.82, 2.24) is 4.72 Å². The van der Waals surface area contributed by atoms with Gasteiger partial charge in [-0.05, 0) is 56.0 Å². The zero-order valence-corrected chi connectivity index (χ0v) is 14.5. The van der Waals surface area contributed by atoms with Gasteiger partial charge in [-0.25, -0.2) is 13.1 Å². The minimum atomic E-state index is -3.47. The Morgan fingerprint density at radius 2 is 2.05 bits per heavy atom. The van der Waals surface area contributed by atoms with Gasteiger partial charge in [-0.3, -0.25) is 0 Å². The van der Waals surface area contributed by atoms with Crippen LogP contribution in [0.5, 0.6) is 0 Å². The quantitative estimate of drug-likeness (QED) is 0.839. The van der Waals surface area contributed by atoms with Crippen LogP contribution in [0.25, 0.3) is 0 Å². The van der Waals surface area contributed by atoms with Crippen molar-refractivity contribution in [2.24, 2.45) is 11.7 Å². The predicted molar refractivity (Wildman–Crippen MR) is 86.6 cm³/mol. The van der Waals surface area contributed by atoms with Gasteiger partial charge in [0.15, 0.2) is 0 Å². The minimum Gasteiger partial charge on any atom is -0.330 e. The first-order valence-corrected chi connectivity index (χ1v) is 8.69.